The van der Waals surface area contributed by atoms with Gasteiger partial charge in [0.2, 0.25) is 0 Å². The van der Waals surface area contributed by atoms with Gasteiger partial charge < -0.3 is 5.73 Å². The van der Waals surface area contributed by atoms with Gasteiger partial charge in [-0.2, -0.15) is 5.10 Å². The van der Waals surface area contributed by atoms with Gasteiger partial charge in [0, 0.05) is 18.0 Å². The van der Waals surface area contributed by atoms with Crippen molar-refractivity contribution in [2.24, 2.45) is 12.8 Å². The van der Waals surface area contributed by atoms with Gasteiger partial charge in [0.05, 0.1) is 16.8 Å². The summed E-state index contributed by atoms with van der Waals surface area (Å²) in [6, 6.07) is 1.82. The lowest BCUT2D eigenvalue weighted by Crippen LogP contribution is -2.08. The summed E-state index contributed by atoms with van der Waals surface area (Å²) >= 11 is 1.37. The first-order valence-electron chi connectivity index (χ1n) is 5.03. The summed E-state index contributed by atoms with van der Waals surface area (Å²) in [7, 11) is 1.90. The highest BCUT2D eigenvalue weighted by Gasteiger charge is 2.13. The molecular formula is C11H13N3OS. The van der Waals surface area contributed by atoms with Crippen molar-refractivity contribution in [1.82, 2.24) is 9.78 Å². The molecule has 16 heavy (non-hydrogen) atoms. The molecule has 2 aromatic rings. The van der Waals surface area contributed by atoms with Crippen LogP contribution in [-0.4, -0.2) is 15.7 Å². The number of amides is 1. The van der Waals surface area contributed by atoms with Gasteiger partial charge in [0.1, 0.15) is 0 Å². The fraction of sp³-hybridized carbons (Fsp3) is 0.273. The first-order chi connectivity index (χ1) is 7.63. The van der Waals surface area contributed by atoms with Crippen molar-refractivity contribution in [2.75, 3.05) is 0 Å². The molecule has 0 spiro atoms. The van der Waals surface area contributed by atoms with Crippen LogP contribution in [0.5, 0.6) is 0 Å². The quantitative estimate of drug-likeness (QED) is 0.882. The number of rotatable bonds is 3. The third-order valence-electron chi connectivity index (χ3n) is 2.51. The summed E-state index contributed by atoms with van der Waals surface area (Å²) in [4.78, 5) is 11.6. The van der Waals surface area contributed by atoms with Crippen molar-refractivity contribution < 1.29 is 4.79 Å². The lowest BCUT2D eigenvalue weighted by Gasteiger charge is -2.01. The lowest BCUT2D eigenvalue weighted by molar-refractivity contribution is 0.100. The van der Waals surface area contributed by atoms with E-state index in [2.05, 4.69) is 12.0 Å². The fourth-order valence-electron chi connectivity index (χ4n) is 1.70. The molecule has 84 valence electrons. The average molecular weight is 235 g/mol. The van der Waals surface area contributed by atoms with Crippen LogP contribution in [0.1, 0.15) is 22.2 Å². The Morgan fingerprint density at radius 1 is 1.62 bits per heavy atom. The number of aromatic nitrogens is 2. The molecule has 2 rings (SSSR count). The average Bonchev–Trinajstić information content (AvgIpc) is 2.83. The van der Waals surface area contributed by atoms with Gasteiger partial charge in [-0.05, 0) is 18.1 Å². The number of hydrogen-bond acceptors (Lipinski definition) is 3. The van der Waals surface area contributed by atoms with Gasteiger partial charge in [-0.3, -0.25) is 9.48 Å². The van der Waals surface area contributed by atoms with Gasteiger partial charge >= 0.3 is 0 Å². The van der Waals surface area contributed by atoms with Crippen LogP contribution in [-0.2, 0) is 13.5 Å². The van der Waals surface area contributed by atoms with E-state index < -0.39 is 0 Å². The molecule has 0 aliphatic heterocycles. The maximum absolute atomic E-state index is 11.0. The molecule has 0 aliphatic carbocycles. The largest absolute Gasteiger partial charge is 0.365 e. The van der Waals surface area contributed by atoms with Crippen LogP contribution in [0.15, 0.2) is 17.6 Å². The molecule has 0 atom stereocenters. The van der Waals surface area contributed by atoms with Gasteiger partial charge in [-0.1, -0.05) is 6.92 Å². The number of nitrogens with zero attached hydrogens (tertiary/aromatic N) is 2. The molecule has 5 heteroatoms. The van der Waals surface area contributed by atoms with E-state index in [9.17, 15) is 4.79 Å². The van der Waals surface area contributed by atoms with E-state index in [-0.39, 0.29) is 5.91 Å². The minimum Gasteiger partial charge on any atom is -0.365 e. The number of hydrogen-bond donors (Lipinski definition) is 1. The Morgan fingerprint density at radius 3 is 2.94 bits per heavy atom. The molecule has 4 nitrogen and oxygen atoms in total. The van der Waals surface area contributed by atoms with Crippen molar-refractivity contribution in [3.63, 3.8) is 0 Å². The SMILES string of the molecule is CCc1cnn(C)c1-c1csc(C(N)=O)c1. The molecule has 2 aromatic heterocycles. The van der Waals surface area contributed by atoms with E-state index in [4.69, 9.17) is 5.73 Å². The summed E-state index contributed by atoms with van der Waals surface area (Å²) in [5.74, 6) is -0.378. The van der Waals surface area contributed by atoms with Crippen LogP contribution in [0.2, 0.25) is 0 Å². The first-order valence-corrected chi connectivity index (χ1v) is 5.91. The Kier molecular flexibility index (Phi) is 2.78. The second kappa shape index (κ2) is 4.09. The van der Waals surface area contributed by atoms with E-state index >= 15 is 0 Å². The van der Waals surface area contributed by atoms with E-state index in [0.29, 0.717) is 4.88 Å². The van der Waals surface area contributed by atoms with Crippen LogP contribution in [0.3, 0.4) is 0 Å². The summed E-state index contributed by atoms with van der Waals surface area (Å²) in [6.07, 6.45) is 2.78. The molecular weight excluding hydrogens is 222 g/mol. The van der Waals surface area contributed by atoms with Crippen molar-refractivity contribution in [3.8, 4) is 11.3 Å². The lowest BCUT2D eigenvalue weighted by atomic mass is 10.1. The monoisotopic (exact) mass is 235 g/mol. The van der Waals surface area contributed by atoms with E-state index in [1.54, 1.807) is 0 Å². The predicted octanol–water partition coefficient (Wildman–Crippen LogP) is 1.81. The highest BCUT2D eigenvalue weighted by atomic mass is 32.1. The number of aryl methyl sites for hydroxylation is 2. The Balaban J connectivity index is 2.49. The number of nitrogens with two attached hydrogens (primary N) is 1. The molecule has 0 aliphatic rings. The van der Waals surface area contributed by atoms with Crippen molar-refractivity contribution >= 4 is 17.2 Å². The smallest absolute Gasteiger partial charge is 0.258 e. The van der Waals surface area contributed by atoms with Crippen LogP contribution < -0.4 is 5.73 Å². The van der Waals surface area contributed by atoms with E-state index in [0.717, 1.165) is 17.7 Å². The molecule has 0 aromatic carbocycles. The normalized spacial score (nSPS) is 10.6. The molecule has 0 radical (unpaired) electrons. The number of carbonyl (C=O) groups excluding carboxylic acids is 1. The first kappa shape index (κ1) is 10.9. The van der Waals surface area contributed by atoms with Crippen LogP contribution in [0.4, 0.5) is 0 Å². The van der Waals surface area contributed by atoms with Crippen LogP contribution in [0.25, 0.3) is 11.3 Å². The minimum atomic E-state index is -0.378. The summed E-state index contributed by atoms with van der Waals surface area (Å²) < 4.78 is 1.83. The standard InChI is InChI=1S/C11H13N3OS/c1-3-7-5-13-14(2)10(7)8-4-9(11(12)15)16-6-8/h4-6H,3H2,1-2H3,(H2,12,15). The fourth-order valence-corrected chi connectivity index (χ4v) is 2.45. The Bertz CT molecular complexity index is 527. The maximum Gasteiger partial charge on any atom is 0.258 e. The molecule has 0 bridgehead atoms. The third-order valence-corrected chi connectivity index (χ3v) is 3.46. The molecule has 2 N–H and O–H groups in total. The van der Waals surface area contributed by atoms with Crippen LogP contribution >= 0.6 is 11.3 Å². The summed E-state index contributed by atoms with van der Waals surface area (Å²) in [5, 5.41) is 6.16. The molecule has 0 saturated carbocycles. The predicted molar refractivity (Wildman–Crippen MR) is 64.4 cm³/mol. The molecule has 0 saturated heterocycles. The third kappa shape index (κ3) is 1.74. The van der Waals surface area contributed by atoms with Crippen LogP contribution in [0, 0.1) is 0 Å². The van der Waals surface area contributed by atoms with E-state index in [1.165, 1.54) is 16.9 Å². The van der Waals surface area contributed by atoms with Crippen molar-refractivity contribution in [3.05, 3.63) is 28.1 Å². The van der Waals surface area contributed by atoms with Gasteiger partial charge in [-0.15, -0.1) is 11.3 Å². The maximum atomic E-state index is 11.0. The highest BCUT2D eigenvalue weighted by molar-refractivity contribution is 7.12. The molecule has 0 unspecified atom stereocenters. The number of carbonyl (C=O) groups is 1. The number of primary amides is 1. The van der Waals surface area contributed by atoms with E-state index in [1.807, 2.05) is 29.4 Å². The second-order valence-electron chi connectivity index (χ2n) is 3.56. The van der Waals surface area contributed by atoms with Crippen molar-refractivity contribution in [2.45, 2.75) is 13.3 Å². The number of thiophene rings is 1. The topological polar surface area (TPSA) is 60.9 Å². The molecule has 0 fully saturated rings. The second-order valence-corrected chi connectivity index (χ2v) is 4.47. The van der Waals surface area contributed by atoms with Gasteiger partial charge in [-0.25, -0.2) is 0 Å². The van der Waals surface area contributed by atoms with Crippen molar-refractivity contribution in [1.29, 1.82) is 0 Å². The zero-order valence-corrected chi connectivity index (χ0v) is 10.0. The Morgan fingerprint density at radius 2 is 2.38 bits per heavy atom. The Hall–Kier alpha value is -1.62. The summed E-state index contributed by atoms with van der Waals surface area (Å²) in [5.41, 5.74) is 8.49. The zero-order chi connectivity index (χ0) is 11.7. The highest BCUT2D eigenvalue weighted by Crippen LogP contribution is 2.28. The zero-order valence-electron chi connectivity index (χ0n) is 9.23. The Labute approximate surface area is 97.7 Å². The van der Waals surface area contributed by atoms with Gasteiger partial charge in [0.15, 0.2) is 0 Å². The molecule has 1 amide bonds. The minimum absolute atomic E-state index is 0.378. The van der Waals surface area contributed by atoms with Gasteiger partial charge in [0.25, 0.3) is 5.91 Å². The molecule has 2 heterocycles. The summed E-state index contributed by atoms with van der Waals surface area (Å²) in [6.45, 7) is 2.09.